The molecule has 0 radical (unpaired) electrons. The minimum absolute atomic E-state index is 0.00306. The highest BCUT2D eigenvalue weighted by Gasteiger charge is 2.23. The highest BCUT2D eigenvalue weighted by Crippen LogP contribution is 2.33. The number of ether oxygens (including phenoxy) is 1. The van der Waals surface area contributed by atoms with Crippen molar-refractivity contribution in [2.24, 2.45) is 0 Å². The SMILES string of the molecule is COc1c(F)cccc1N(Cc1ccc2ccc(Cl)nc2c1)C(=O)c1cccnc1. The second kappa shape index (κ2) is 8.47. The monoisotopic (exact) mass is 421 g/mol. The zero-order chi connectivity index (χ0) is 21.1. The first-order chi connectivity index (χ1) is 14.6. The second-order valence-electron chi connectivity index (χ2n) is 6.59. The summed E-state index contributed by atoms with van der Waals surface area (Å²) in [6.07, 6.45) is 3.06. The first-order valence-electron chi connectivity index (χ1n) is 9.16. The molecule has 4 rings (SSSR count). The van der Waals surface area contributed by atoms with E-state index >= 15 is 0 Å². The molecule has 30 heavy (non-hydrogen) atoms. The van der Waals surface area contributed by atoms with Crippen LogP contribution in [0.3, 0.4) is 0 Å². The molecule has 0 saturated heterocycles. The first-order valence-corrected chi connectivity index (χ1v) is 9.54. The molecule has 0 aliphatic rings. The Bertz CT molecular complexity index is 1220. The zero-order valence-electron chi connectivity index (χ0n) is 16.0. The number of carbonyl (C=O) groups excluding carboxylic acids is 1. The maximum absolute atomic E-state index is 14.4. The van der Waals surface area contributed by atoms with Crippen molar-refractivity contribution in [1.29, 1.82) is 0 Å². The van der Waals surface area contributed by atoms with Gasteiger partial charge < -0.3 is 9.64 Å². The van der Waals surface area contributed by atoms with Gasteiger partial charge in [0.2, 0.25) is 0 Å². The largest absolute Gasteiger partial charge is 0.492 e. The van der Waals surface area contributed by atoms with Crippen LogP contribution in [0.4, 0.5) is 10.1 Å². The molecule has 150 valence electrons. The van der Waals surface area contributed by atoms with Crippen LogP contribution in [0.15, 0.2) is 73.1 Å². The van der Waals surface area contributed by atoms with Crippen molar-refractivity contribution in [3.8, 4) is 5.75 Å². The minimum Gasteiger partial charge on any atom is -0.492 e. The number of carbonyl (C=O) groups is 1. The third kappa shape index (κ3) is 3.95. The standard InChI is InChI=1S/C23H17ClFN3O2/c1-30-22-18(25)5-2-6-20(22)28(23(29)17-4-3-11-26-13-17)14-15-7-8-16-9-10-21(24)27-19(16)12-15/h2-13H,14H2,1H3. The highest BCUT2D eigenvalue weighted by molar-refractivity contribution is 6.29. The van der Waals surface area contributed by atoms with Crippen molar-refractivity contribution in [3.63, 3.8) is 0 Å². The van der Waals surface area contributed by atoms with Gasteiger partial charge in [0.05, 0.1) is 30.4 Å². The van der Waals surface area contributed by atoms with E-state index in [2.05, 4.69) is 9.97 Å². The summed E-state index contributed by atoms with van der Waals surface area (Å²) >= 11 is 6.02. The average molecular weight is 422 g/mol. The Balaban J connectivity index is 1.80. The van der Waals surface area contributed by atoms with Crippen LogP contribution >= 0.6 is 11.6 Å². The van der Waals surface area contributed by atoms with Crippen LogP contribution in [0.2, 0.25) is 5.15 Å². The summed E-state index contributed by atoms with van der Waals surface area (Å²) in [5, 5.41) is 1.31. The number of benzene rings is 2. The molecule has 1 amide bonds. The summed E-state index contributed by atoms with van der Waals surface area (Å²) in [4.78, 5) is 23.1. The molecule has 0 aliphatic heterocycles. The molecular formula is C23H17ClFN3O2. The average Bonchev–Trinajstić information content (AvgIpc) is 2.77. The Morgan fingerprint density at radius 2 is 1.97 bits per heavy atom. The Morgan fingerprint density at radius 3 is 2.73 bits per heavy atom. The molecule has 5 nitrogen and oxygen atoms in total. The van der Waals surface area contributed by atoms with Crippen LogP contribution in [0.1, 0.15) is 15.9 Å². The maximum Gasteiger partial charge on any atom is 0.260 e. The van der Waals surface area contributed by atoms with Crippen LogP contribution in [0, 0.1) is 5.82 Å². The van der Waals surface area contributed by atoms with Gasteiger partial charge in [0.1, 0.15) is 5.15 Å². The Kier molecular flexibility index (Phi) is 5.59. The highest BCUT2D eigenvalue weighted by atomic mass is 35.5. The van der Waals surface area contributed by atoms with Gasteiger partial charge >= 0.3 is 0 Å². The predicted octanol–water partition coefficient (Wildman–Crippen LogP) is 5.28. The molecule has 0 N–H and O–H groups in total. The van der Waals surface area contributed by atoms with E-state index in [4.69, 9.17) is 16.3 Å². The van der Waals surface area contributed by atoms with Crippen molar-refractivity contribution in [1.82, 2.24) is 9.97 Å². The smallest absolute Gasteiger partial charge is 0.260 e. The van der Waals surface area contributed by atoms with Gasteiger partial charge in [-0.1, -0.05) is 29.8 Å². The summed E-state index contributed by atoms with van der Waals surface area (Å²) in [5.74, 6) is -0.881. The lowest BCUT2D eigenvalue weighted by molar-refractivity contribution is 0.0984. The number of hydrogen-bond donors (Lipinski definition) is 0. The van der Waals surface area contributed by atoms with Gasteiger partial charge in [0.25, 0.3) is 5.91 Å². The zero-order valence-corrected chi connectivity index (χ0v) is 16.8. The van der Waals surface area contributed by atoms with Crippen LogP contribution in [0.25, 0.3) is 10.9 Å². The second-order valence-corrected chi connectivity index (χ2v) is 6.97. The third-order valence-electron chi connectivity index (χ3n) is 4.66. The molecule has 2 aromatic heterocycles. The number of rotatable bonds is 5. The summed E-state index contributed by atoms with van der Waals surface area (Å²) in [6.45, 7) is 0.178. The minimum atomic E-state index is -0.550. The molecule has 0 fully saturated rings. The predicted molar refractivity (Wildman–Crippen MR) is 114 cm³/mol. The van der Waals surface area contributed by atoms with E-state index in [0.717, 1.165) is 10.9 Å². The van der Waals surface area contributed by atoms with Crippen molar-refractivity contribution < 1.29 is 13.9 Å². The first kappa shape index (κ1) is 19.8. The molecule has 0 spiro atoms. The fraction of sp³-hybridized carbons (Fsp3) is 0.0870. The lowest BCUT2D eigenvalue weighted by Gasteiger charge is -2.25. The fourth-order valence-corrected chi connectivity index (χ4v) is 3.40. The number of amides is 1. The van der Waals surface area contributed by atoms with Gasteiger partial charge in [0.15, 0.2) is 11.6 Å². The number of nitrogens with zero attached hydrogens (tertiary/aromatic N) is 3. The van der Waals surface area contributed by atoms with Gasteiger partial charge in [-0.15, -0.1) is 0 Å². The molecule has 7 heteroatoms. The normalized spacial score (nSPS) is 10.8. The van der Waals surface area contributed by atoms with E-state index in [1.54, 1.807) is 36.5 Å². The van der Waals surface area contributed by atoms with E-state index in [9.17, 15) is 9.18 Å². The summed E-state index contributed by atoms with van der Waals surface area (Å²) < 4.78 is 19.6. The molecule has 0 atom stereocenters. The van der Waals surface area contributed by atoms with Gasteiger partial charge in [-0.2, -0.15) is 0 Å². The molecule has 0 aliphatic carbocycles. The van der Waals surface area contributed by atoms with Gasteiger partial charge in [-0.05, 0) is 48.0 Å². The van der Waals surface area contributed by atoms with Crippen molar-refractivity contribution in [2.45, 2.75) is 6.54 Å². The number of hydrogen-bond acceptors (Lipinski definition) is 4. The van der Waals surface area contributed by atoms with E-state index in [0.29, 0.717) is 21.9 Å². The molecule has 0 bridgehead atoms. The summed E-state index contributed by atoms with van der Waals surface area (Å²) in [6, 6.07) is 17.1. The summed E-state index contributed by atoms with van der Waals surface area (Å²) in [7, 11) is 1.37. The van der Waals surface area contributed by atoms with E-state index in [-0.39, 0.29) is 18.2 Å². The maximum atomic E-state index is 14.4. The van der Waals surface area contributed by atoms with Crippen LogP contribution in [-0.2, 0) is 6.54 Å². The number of para-hydroxylation sites is 1. The topological polar surface area (TPSA) is 55.3 Å². The van der Waals surface area contributed by atoms with Gasteiger partial charge in [0, 0.05) is 17.8 Å². The molecule has 4 aromatic rings. The number of aromatic nitrogens is 2. The lowest BCUT2D eigenvalue weighted by Crippen LogP contribution is -2.31. The Hall–Kier alpha value is -3.51. The van der Waals surface area contributed by atoms with Gasteiger partial charge in [-0.25, -0.2) is 9.37 Å². The number of halogens is 2. The molecule has 2 aromatic carbocycles. The van der Waals surface area contributed by atoms with E-state index in [1.165, 1.54) is 24.3 Å². The van der Waals surface area contributed by atoms with Crippen LogP contribution in [-0.4, -0.2) is 23.0 Å². The Labute approximate surface area is 177 Å². The van der Waals surface area contributed by atoms with Gasteiger partial charge in [-0.3, -0.25) is 9.78 Å². The number of anilines is 1. The van der Waals surface area contributed by atoms with Crippen molar-refractivity contribution >= 4 is 34.1 Å². The van der Waals surface area contributed by atoms with Crippen molar-refractivity contribution in [3.05, 3.63) is 95.2 Å². The Morgan fingerprint density at radius 1 is 1.13 bits per heavy atom. The van der Waals surface area contributed by atoms with Crippen LogP contribution in [0.5, 0.6) is 5.75 Å². The number of fused-ring (bicyclic) bond motifs is 1. The molecule has 0 saturated carbocycles. The van der Waals surface area contributed by atoms with E-state index < -0.39 is 5.82 Å². The fourth-order valence-electron chi connectivity index (χ4n) is 3.24. The quantitative estimate of drug-likeness (QED) is 0.411. The number of methoxy groups -OCH3 is 1. The third-order valence-corrected chi connectivity index (χ3v) is 4.87. The number of pyridine rings is 2. The van der Waals surface area contributed by atoms with E-state index in [1.807, 2.05) is 24.3 Å². The van der Waals surface area contributed by atoms with Crippen LogP contribution < -0.4 is 9.64 Å². The lowest BCUT2D eigenvalue weighted by atomic mass is 10.1. The van der Waals surface area contributed by atoms with Crippen molar-refractivity contribution in [2.75, 3.05) is 12.0 Å². The molecule has 2 heterocycles. The molecular weight excluding hydrogens is 405 g/mol. The molecule has 0 unspecified atom stereocenters. The summed E-state index contributed by atoms with van der Waals surface area (Å²) in [5.41, 5.74) is 2.22.